The van der Waals surface area contributed by atoms with E-state index in [9.17, 15) is 13.2 Å². The number of thiazole rings is 1. The van der Waals surface area contributed by atoms with Gasteiger partial charge in [0.05, 0.1) is 15.8 Å². The molecule has 0 amide bonds. The molecular formula is C14H9F3N2S. The lowest BCUT2D eigenvalue weighted by Gasteiger charge is -2.09. The van der Waals surface area contributed by atoms with Crippen molar-refractivity contribution in [2.45, 2.75) is 6.18 Å². The van der Waals surface area contributed by atoms with Gasteiger partial charge in [0.25, 0.3) is 0 Å². The molecule has 1 aromatic heterocycles. The van der Waals surface area contributed by atoms with Crippen LogP contribution in [-0.4, -0.2) is 4.98 Å². The van der Waals surface area contributed by atoms with Crippen molar-refractivity contribution in [1.82, 2.24) is 4.98 Å². The van der Waals surface area contributed by atoms with Crippen molar-refractivity contribution in [3.63, 3.8) is 0 Å². The van der Waals surface area contributed by atoms with Crippen LogP contribution in [-0.2, 0) is 6.18 Å². The molecule has 0 aliphatic carbocycles. The Morgan fingerprint density at radius 3 is 2.50 bits per heavy atom. The number of hydrogen-bond donors (Lipinski definition) is 1. The van der Waals surface area contributed by atoms with Gasteiger partial charge in [0, 0.05) is 11.3 Å². The van der Waals surface area contributed by atoms with Crippen molar-refractivity contribution in [3.05, 3.63) is 48.0 Å². The molecule has 2 aromatic carbocycles. The lowest BCUT2D eigenvalue weighted by Crippen LogP contribution is -2.05. The molecule has 0 saturated heterocycles. The van der Waals surface area contributed by atoms with Crippen LogP contribution in [0.3, 0.4) is 0 Å². The van der Waals surface area contributed by atoms with Gasteiger partial charge in [0.2, 0.25) is 0 Å². The predicted molar refractivity (Wildman–Crippen MR) is 74.5 cm³/mol. The first-order valence-corrected chi connectivity index (χ1v) is 6.59. The highest BCUT2D eigenvalue weighted by Gasteiger charge is 2.31. The number of para-hydroxylation sites is 1. The second kappa shape index (κ2) is 4.49. The summed E-state index contributed by atoms with van der Waals surface area (Å²) in [6, 6.07) is 10.7. The summed E-state index contributed by atoms with van der Waals surface area (Å²) in [5.41, 5.74) is 6.43. The number of hydrogen-bond acceptors (Lipinski definition) is 3. The first kappa shape index (κ1) is 12.9. The predicted octanol–water partition coefficient (Wildman–Crippen LogP) is 4.56. The Bertz CT molecular complexity index is 744. The molecular weight excluding hydrogens is 285 g/mol. The Morgan fingerprint density at radius 2 is 1.80 bits per heavy atom. The summed E-state index contributed by atoms with van der Waals surface area (Å²) >= 11 is 1.33. The van der Waals surface area contributed by atoms with Crippen LogP contribution in [0, 0.1) is 0 Å². The maximum Gasteiger partial charge on any atom is 0.416 e. The average molecular weight is 294 g/mol. The summed E-state index contributed by atoms with van der Waals surface area (Å²) in [7, 11) is 0. The average Bonchev–Trinajstić information content (AvgIpc) is 2.81. The third-order valence-electron chi connectivity index (χ3n) is 2.90. The second-order valence-corrected chi connectivity index (χ2v) is 5.32. The zero-order valence-electron chi connectivity index (χ0n) is 10.1. The van der Waals surface area contributed by atoms with Crippen molar-refractivity contribution in [2.75, 3.05) is 5.73 Å². The van der Waals surface area contributed by atoms with Gasteiger partial charge in [0.15, 0.2) is 0 Å². The van der Waals surface area contributed by atoms with Gasteiger partial charge in [-0.05, 0) is 30.3 Å². The van der Waals surface area contributed by atoms with E-state index in [2.05, 4.69) is 4.98 Å². The molecule has 0 bridgehead atoms. The first-order chi connectivity index (χ1) is 9.45. The molecule has 0 unspecified atom stereocenters. The van der Waals surface area contributed by atoms with Gasteiger partial charge < -0.3 is 5.73 Å². The number of aromatic nitrogens is 1. The Hall–Kier alpha value is -2.08. The number of rotatable bonds is 1. The molecule has 0 fully saturated rings. The summed E-state index contributed by atoms with van der Waals surface area (Å²) in [6.07, 6.45) is -4.39. The molecule has 2 nitrogen and oxygen atoms in total. The Kier molecular flexibility index (Phi) is 2.90. The molecule has 3 aromatic rings. The van der Waals surface area contributed by atoms with Gasteiger partial charge in [0.1, 0.15) is 5.01 Å². The van der Waals surface area contributed by atoms with Crippen LogP contribution in [0.2, 0.25) is 0 Å². The van der Waals surface area contributed by atoms with Gasteiger partial charge in [-0.3, -0.25) is 0 Å². The molecule has 6 heteroatoms. The molecule has 0 aliphatic rings. The molecule has 0 aliphatic heterocycles. The SMILES string of the molecule is Nc1ccc(C(F)(F)F)cc1-c1nc2ccccc2s1. The third kappa shape index (κ3) is 2.22. The highest BCUT2D eigenvalue weighted by Crippen LogP contribution is 2.37. The lowest BCUT2D eigenvalue weighted by molar-refractivity contribution is -0.137. The highest BCUT2D eigenvalue weighted by molar-refractivity contribution is 7.21. The number of benzene rings is 2. The minimum absolute atomic E-state index is 0.289. The fourth-order valence-corrected chi connectivity index (χ4v) is 2.91. The quantitative estimate of drug-likeness (QED) is 0.668. The van der Waals surface area contributed by atoms with E-state index in [0.717, 1.165) is 22.3 Å². The molecule has 20 heavy (non-hydrogen) atoms. The molecule has 2 N–H and O–H groups in total. The summed E-state index contributed by atoms with van der Waals surface area (Å²) < 4.78 is 39.2. The van der Waals surface area contributed by atoms with Crippen LogP contribution in [0.1, 0.15) is 5.56 Å². The first-order valence-electron chi connectivity index (χ1n) is 5.78. The van der Waals surface area contributed by atoms with Crippen LogP contribution in [0.4, 0.5) is 18.9 Å². The summed E-state index contributed by atoms with van der Waals surface area (Å²) in [4.78, 5) is 4.34. The van der Waals surface area contributed by atoms with E-state index in [1.807, 2.05) is 24.3 Å². The number of alkyl halides is 3. The van der Waals surface area contributed by atoms with Gasteiger partial charge in [-0.1, -0.05) is 12.1 Å². The maximum atomic E-state index is 12.8. The zero-order chi connectivity index (χ0) is 14.3. The number of nitrogen functional groups attached to an aromatic ring is 1. The standard InChI is InChI=1S/C14H9F3N2S/c15-14(16,17)8-5-6-10(18)9(7-8)13-19-11-3-1-2-4-12(11)20-13/h1-7H,18H2. The van der Waals surface area contributed by atoms with E-state index in [4.69, 9.17) is 5.73 Å². The largest absolute Gasteiger partial charge is 0.416 e. The monoisotopic (exact) mass is 294 g/mol. The minimum atomic E-state index is -4.39. The van der Waals surface area contributed by atoms with E-state index in [0.29, 0.717) is 10.6 Å². The van der Waals surface area contributed by atoms with Crippen LogP contribution in [0.25, 0.3) is 20.8 Å². The third-order valence-corrected chi connectivity index (χ3v) is 3.97. The van der Waals surface area contributed by atoms with Crippen LogP contribution >= 0.6 is 11.3 Å². The van der Waals surface area contributed by atoms with Gasteiger partial charge >= 0.3 is 6.18 Å². The normalized spacial score (nSPS) is 11.9. The van der Waals surface area contributed by atoms with E-state index in [1.165, 1.54) is 17.4 Å². The van der Waals surface area contributed by atoms with Crippen LogP contribution in [0.15, 0.2) is 42.5 Å². The smallest absolute Gasteiger partial charge is 0.398 e. The molecule has 1 heterocycles. The fourth-order valence-electron chi connectivity index (χ4n) is 1.91. The molecule has 0 radical (unpaired) electrons. The highest BCUT2D eigenvalue weighted by atomic mass is 32.1. The van der Waals surface area contributed by atoms with Crippen molar-refractivity contribution in [1.29, 1.82) is 0 Å². The number of nitrogens with zero attached hydrogens (tertiary/aromatic N) is 1. The Labute approximate surface area is 116 Å². The summed E-state index contributed by atoms with van der Waals surface area (Å²) in [5.74, 6) is 0. The van der Waals surface area contributed by atoms with E-state index >= 15 is 0 Å². The summed E-state index contributed by atoms with van der Waals surface area (Å²) in [6.45, 7) is 0. The number of fused-ring (bicyclic) bond motifs is 1. The van der Waals surface area contributed by atoms with E-state index in [-0.39, 0.29) is 5.69 Å². The van der Waals surface area contributed by atoms with Crippen LogP contribution < -0.4 is 5.73 Å². The minimum Gasteiger partial charge on any atom is -0.398 e. The number of nitrogens with two attached hydrogens (primary N) is 1. The van der Waals surface area contributed by atoms with Crippen molar-refractivity contribution < 1.29 is 13.2 Å². The molecule has 3 rings (SSSR count). The van der Waals surface area contributed by atoms with E-state index in [1.54, 1.807) is 0 Å². The molecule has 102 valence electrons. The van der Waals surface area contributed by atoms with E-state index < -0.39 is 11.7 Å². The number of anilines is 1. The summed E-state index contributed by atoms with van der Waals surface area (Å²) in [5, 5.41) is 0.495. The molecule has 0 atom stereocenters. The van der Waals surface area contributed by atoms with Gasteiger partial charge in [-0.25, -0.2) is 4.98 Å². The topological polar surface area (TPSA) is 38.9 Å². The lowest BCUT2D eigenvalue weighted by atomic mass is 10.1. The Morgan fingerprint density at radius 1 is 1.05 bits per heavy atom. The zero-order valence-corrected chi connectivity index (χ0v) is 10.9. The van der Waals surface area contributed by atoms with Crippen molar-refractivity contribution in [2.24, 2.45) is 0 Å². The second-order valence-electron chi connectivity index (χ2n) is 4.29. The van der Waals surface area contributed by atoms with Crippen LogP contribution in [0.5, 0.6) is 0 Å². The Balaban J connectivity index is 2.17. The molecule has 0 spiro atoms. The molecule has 0 saturated carbocycles. The van der Waals surface area contributed by atoms with Gasteiger partial charge in [-0.15, -0.1) is 11.3 Å². The fraction of sp³-hybridized carbons (Fsp3) is 0.0714. The number of halogens is 3. The van der Waals surface area contributed by atoms with Crippen molar-refractivity contribution >= 4 is 27.2 Å². The van der Waals surface area contributed by atoms with Crippen molar-refractivity contribution in [3.8, 4) is 10.6 Å². The van der Waals surface area contributed by atoms with Gasteiger partial charge in [-0.2, -0.15) is 13.2 Å². The maximum absolute atomic E-state index is 12.8.